The van der Waals surface area contributed by atoms with E-state index in [0.717, 1.165) is 23.6 Å². The van der Waals surface area contributed by atoms with Crippen LogP contribution in [0.5, 0.6) is 0 Å². The van der Waals surface area contributed by atoms with Gasteiger partial charge in [0.1, 0.15) is 10.7 Å². The molecule has 6 nitrogen and oxygen atoms in total. The first-order chi connectivity index (χ1) is 12.3. The summed E-state index contributed by atoms with van der Waals surface area (Å²) < 4.78 is 37.0. The van der Waals surface area contributed by atoms with E-state index >= 15 is 0 Å². The van der Waals surface area contributed by atoms with E-state index in [4.69, 9.17) is 0 Å². The maximum absolute atomic E-state index is 14.0. The highest BCUT2D eigenvalue weighted by atomic mass is 32.2. The van der Waals surface area contributed by atoms with Gasteiger partial charge in [0.2, 0.25) is 0 Å². The second-order valence-electron chi connectivity index (χ2n) is 5.68. The Labute approximate surface area is 154 Å². The number of aliphatic hydroxyl groups excluding tert-OH is 1. The standard InChI is InChI=1S/C17H16FN3O3S2/c1-10-7-11(5-6-19-10)16-14(9-22)25-17(21-16)20-12-3-4-15(13(18)8-12)26(2,23)24/h3-8,22H,9H2,1-2H3,(H,20,21). The Hall–Kier alpha value is -2.36. The summed E-state index contributed by atoms with van der Waals surface area (Å²) in [5.74, 6) is -0.832. The molecular weight excluding hydrogens is 377 g/mol. The largest absolute Gasteiger partial charge is 0.391 e. The molecular formula is C17H16FN3O3S2. The third-order valence-electron chi connectivity index (χ3n) is 3.59. The molecule has 136 valence electrons. The van der Waals surface area contributed by atoms with Crippen LogP contribution in [0.1, 0.15) is 10.6 Å². The highest BCUT2D eigenvalue weighted by Gasteiger charge is 2.16. The van der Waals surface area contributed by atoms with Crippen LogP contribution in [0, 0.1) is 12.7 Å². The summed E-state index contributed by atoms with van der Waals surface area (Å²) in [5.41, 5.74) is 2.64. The van der Waals surface area contributed by atoms with E-state index in [2.05, 4.69) is 15.3 Å². The number of benzene rings is 1. The number of hydrogen-bond donors (Lipinski definition) is 2. The van der Waals surface area contributed by atoms with E-state index in [9.17, 15) is 17.9 Å². The molecule has 0 aliphatic heterocycles. The molecule has 26 heavy (non-hydrogen) atoms. The van der Waals surface area contributed by atoms with E-state index in [1.807, 2.05) is 13.0 Å². The Morgan fingerprint density at radius 1 is 1.27 bits per heavy atom. The summed E-state index contributed by atoms with van der Waals surface area (Å²) in [6.45, 7) is 1.68. The lowest BCUT2D eigenvalue weighted by molar-refractivity contribution is 0.286. The second kappa shape index (κ2) is 7.10. The summed E-state index contributed by atoms with van der Waals surface area (Å²) in [5, 5.41) is 13.0. The molecule has 2 aromatic heterocycles. The van der Waals surface area contributed by atoms with Gasteiger partial charge in [0, 0.05) is 29.4 Å². The number of aromatic nitrogens is 2. The Kier molecular flexibility index (Phi) is 5.03. The van der Waals surface area contributed by atoms with Crippen LogP contribution >= 0.6 is 11.3 Å². The summed E-state index contributed by atoms with van der Waals surface area (Å²) >= 11 is 1.24. The number of halogens is 1. The number of sulfone groups is 1. The zero-order valence-electron chi connectivity index (χ0n) is 14.0. The van der Waals surface area contributed by atoms with Gasteiger partial charge in [0.05, 0.1) is 17.2 Å². The van der Waals surface area contributed by atoms with Gasteiger partial charge in [-0.3, -0.25) is 4.98 Å². The van der Waals surface area contributed by atoms with Crippen LogP contribution in [0.3, 0.4) is 0 Å². The SMILES string of the molecule is Cc1cc(-c2nc(Nc3ccc(S(C)(=O)=O)c(F)c3)sc2CO)ccn1. The van der Waals surface area contributed by atoms with Crippen molar-refractivity contribution in [2.75, 3.05) is 11.6 Å². The fourth-order valence-electron chi connectivity index (χ4n) is 2.43. The minimum absolute atomic E-state index is 0.183. The van der Waals surface area contributed by atoms with Crippen molar-refractivity contribution in [2.45, 2.75) is 18.4 Å². The smallest absolute Gasteiger partial charge is 0.188 e. The maximum Gasteiger partial charge on any atom is 0.188 e. The van der Waals surface area contributed by atoms with Crippen molar-refractivity contribution in [3.8, 4) is 11.3 Å². The number of aliphatic hydroxyl groups is 1. The molecule has 0 aliphatic rings. The lowest BCUT2D eigenvalue weighted by Gasteiger charge is -2.05. The zero-order chi connectivity index (χ0) is 18.9. The molecule has 0 atom stereocenters. The van der Waals surface area contributed by atoms with Gasteiger partial charge < -0.3 is 10.4 Å². The van der Waals surface area contributed by atoms with E-state index in [1.54, 1.807) is 12.3 Å². The average Bonchev–Trinajstić information content (AvgIpc) is 2.96. The normalized spacial score (nSPS) is 11.5. The first-order valence-corrected chi connectivity index (χ1v) is 10.3. The van der Waals surface area contributed by atoms with Crippen molar-refractivity contribution >= 4 is 32.0 Å². The van der Waals surface area contributed by atoms with Gasteiger partial charge >= 0.3 is 0 Å². The number of thiazole rings is 1. The van der Waals surface area contributed by atoms with Crippen molar-refractivity contribution in [3.05, 3.63) is 52.9 Å². The predicted octanol–water partition coefficient (Wildman–Crippen LogP) is 3.29. The van der Waals surface area contributed by atoms with E-state index in [1.165, 1.54) is 23.5 Å². The number of aryl methyl sites for hydroxylation is 1. The van der Waals surface area contributed by atoms with Gasteiger partial charge in [-0.15, -0.1) is 0 Å². The second-order valence-corrected chi connectivity index (χ2v) is 8.74. The zero-order valence-corrected chi connectivity index (χ0v) is 15.7. The molecule has 1 aromatic carbocycles. The third-order valence-corrected chi connectivity index (χ3v) is 5.68. The predicted molar refractivity (Wildman–Crippen MR) is 98.8 cm³/mol. The van der Waals surface area contributed by atoms with Crippen molar-refractivity contribution in [1.29, 1.82) is 0 Å². The molecule has 0 spiro atoms. The van der Waals surface area contributed by atoms with E-state index in [-0.39, 0.29) is 11.5 Å². The highest BCUT2D eigenvalue weighted by molar-refractivity contribution is 7.90. The topological polar surface area (TPSA) is 92.2 Å². The van der Waals surface area contributed by atoms with Gasteiger partial charge in [-0.2, -0.15) is 0 Å². The highest BCUT2D eigenvalue weighted by Crippen LogP contribution is 2.33. The van der Waals surface area contributed by atoms with Crippen LogP contribution in [0.25, 0.3) is 11.3 Å². The fraction of sp³-hybridized carbons (Fsp3) is 0.176. The van der Waals surface area contributed by atoms with Crippen molar-refractivity contribution in [2.24, 2.45) is 0 Å². The number of nitrogens with zero attached hydrogens (tertiary/aromatic N) is 2. The van der Waals surface area contributed by atoms with Crippen molar-refractivity contribution < 1.29 is 17.9 Å². The minimum Gasteiger partial charge on any atom is -0.391 e. The summed E-state index contributed by atoms with van der Waals surface area (Å²) in [7, 11) is -3.62. The molecule has 0 fully saturated rings. The quantitative estimate of drug-likeness (QED) is 0.691. The lowest BCUT2D eigenvalue weighted by Crippen LogP contribution is -2.01. The average molecular weight is 393 g/mol. The summed E-state index contributed by atoms with van der Waals surface area (Å²) in [6.07, 6.45) is 2.62. The Balaban J connectivity index is 1.93. The molecule has 0 bridgehead atoms. The molecule has 2 N–H and O–H groups in total. The van der Waals surface area contributed by atoms with Crippen molar-refractivity contribution in [3.63, 3.8) is 0 Å². The fourth-order valence-corrected chi connectivity index (χ4v) is 4.03. The Morgan fingerprint density at radius 3 is 2.65 bits per heavy atom. The molecule has 3 aromatic rings. The van der Waals surface area contributed by atoms with Gasteiger partial charge in [-0.25, -0.2) is 17.8 Å². The molecule has 0 radical (unpaired) electrons. The maximum atomic E-state index is 14.0. The number of rotatable bonds is 5. The first-order valence-electron chi connectivity index (χ1n) is 7.58. The Bertz CT molecular complexity index is 1060. The van der Waals surface area contributed by atoms with Crippen LogP contribution in [-0.2, 0) is 16.4 Å². The van der Waals surface area contributed by atoms with Crippen LogP contribution in [0.15, 0.2) is 41.4 Å². The summed E-state index contributed by atoms with van der Waals surface area (Å²) in [6, 6.07) is 7.44. The minimum atomic E-state index is -3.62. The molecule has 3 rings (SSSR count). The number of anilines is 2. The molecule has 9 heteroatoms. The van der Waals surface area contributed by atoms with Gasteiger partial charge in [-0.1, -0.05) is 11.3 Å². The van der Waals surface area contributed by atoms with Crippen LogP contribution in [0.2, 0.25) is 0 Å². The molecule has 0 aliphatic carbocycles. The van der Waals surface area contributed by atoms with E-state index in [0.29, 0.717) is 21.4 Å². The Morgan fingerprint density at radius 2 is 2.04 bits per heavy atom. The molecule has 2 heterocycles. The van der Waals surface area contributed by atoms with Crippen molar-refractivity contribution in [1.82, 2.24) is 9.97 Å². The number of pyridine rings is 1. The van der Waals surface area contributed by atoms with E-state index < -0.39 is 15.7 Å². The number of hydrogen-bond acceptors (Lipinski definition) is 7. The lowest BCUT2D eigenvalue weighted by atomic mass is 10.1. The van der Waals surface area contributed by atoms with Gasteiger partial charge in [-0.05, 0) is 37.3 Å². The first kappa shape index (κ1) is 18.4. The van der Waals surface area contributed by atoms with Gasteiger partial charge in [0.25, 0.3) is 0 Å². The molecule has 0 saturated heterocycles. The van der Waals surface area contributed by atoms with Crippen LogP contribution < -0.4 is 5.32 Å². The summed E-state index contributed by atoms with van der Waals surface area (Å²) in [4.78, 5) is 8.91. The number of nitrogens with one attached hydrogen (secondary N) is 1. The molecule has 0 amide bonds. The monoisotopic (exact) mass is 393 g/mol. The van der Waals surface area contributed by atoms with Crippen LogP contribution in [0.4, 0.5) is 15.2 Å². The van der Waals surface area contributed by atoms with Gasteiger partial charge in [0.15, 0.2) is 15.0 Å². The molecule has 0 unspecified atom stereocenters. The van der Waals surface area contributed by atoms with Crippen LogP contribution in [-0.4, -0.2) is 29.7 Å². The third kappa shape index (κ3) is 3.90. The molecule has 0 saturated carbocycles.